The van der Waals surface area contributed by atoms with Crippen LogP contribution in [0.5, 0.6) is 0 Å². The lowest BCUT2D eigenvalue weighted by Crippen LogP contribution is -2.39. The number of hydrogen-bond donors (Lipinski definition) is 3. The first kappa shape index (κ1) is 14.6. The third-order valence-electron chi connectivity index (χ3n) is 3.34. The lowest BCUT2D eigenvalue weighted by molar-refractivity contribution is 0.314. The first-order valence-corrected chi connectivity index (χ1v) is 7.58. The fraction of sp³-hybridized carbons (Fsp3) is 0.917. The Morgan fingerprint density at radius 3 is 2.88 bits per heavy atom. The summed E-state index contributed by atoms with van der Waals surface area (Å²) in [5, 5.41) is 16.1. The first-order valence-electron chi connectivity index (χ1n) is 6.53. The number of amidine groups is 1. The van der Waals surface area contributed by atoms with Gasteiger partial charge in [0, 0.05) is 23.8 Å². The monoisotopic (exact) mass is 259 g/mol. The van der Waals surface area contributed by atoms with E-state index in [-0.39, 0.29) is 0 Å². The second-order valence-electron chi connectivity index (χ2n) is 4.65. The van der Waals surface area contributed by atoms with Crippen LogP contribution in [0.1, 0.15) is 46.0 Å². The van der Waals surface area contributed by atoms with Gasteiger partial charge in [-0.05, 0) is 31.4 Å². The Morgan fingerprint density at radius 2 is 2.29 bits per heavy atom. The molecule has 0 amide bonds. The highest BCUT2D eigenvalue weighted by atomic mass is 32.2. The molecule has 1 aliphatic rings. The number of hydrogen-bond acceptors (Lipinski definition) is 4. The van der Waals surface area contributed by atoms with E-state index in [4.69, 9.17) is 10.9 Å². The van der Waals surface area contributed by atoms with Gasteiger partial charge in [0.15, 0.2) is 0 Å². The molecule has 0 aromatic rings. The number of thioether (sulfide) groups is 1. The molecule has 0 radical (unpaired) electrons. The third-order valence-corrected chi connectivity index (χ3v) is 4.57. The largest absolute Gasteiger partial charge is 0.409 e. The molecular formula is C12H25N3OS. The van der Waals surface area contributed by atoms with Crippen molar-refractivity contribution in [3.05, 3.63) is 0 Å². The van der Waals surface area contributed by atoms with Crippen molar-refractivity contribution in [2.75, 3.05) is 5.75 Å². The summed E-state index contributed by atoms with van der Waals surface area (Å²) in [7, 11) is 0. The number of nitrogens with one attached hydrogen (secondary N) is 1. The molecule has 1 saturated carbocycles. The lowest BCUT2D eigenvalue weighted by atomic mass is 10.1. The van der Waals surface area contributed by atoms with E-state index in [9.17, 15) is 0 Å². The van der Waals surface area contributed by atoms with Crippen LogP contribution in [0.15, 0.2) is 5.16 Å². The fourth-order valence-electron chi connectivity index (χ4n) is 2.43. The van der Waals surface area contributed by atoms with Crippen molar-refractivity contribution in [3.8, 4) is 0 Å². The van der Waals surface area contributed by atoms with Gasteiger partial charge in [-0.25, -0.2) is 0 Å². The summed E-state index contributed by atoms with van der Waals surface area (Å²) >= 11 is 2.07. The Bertz CT molecular complexity index is 248. The van der Waals surface area contributed by atoms with Crippen LogP contribution in [0.3, 0.4) is 0 Å². The zero-order valence-corrected chi connectivity index (χ0v) is 11.7. The van der Waals surface area contributed by atoms with Crippen LogP contribution in [0.4, 0.5) is 0 Å². The predicted octanol–water partition coefficient (Wildman–Crippen LogP) is 2.17. The van der Waals surface area contributed by atoms with Crippen molar-refractivity contribution in [2.24, 2.45) is 10.9 Å². The third kappa shape index (κ3) is 5.17. The van der Waals surface area contributed by atoms with Crippen molar-refractivity contribution in [1.29, 1.82) is 0 Å². The van der Waals surface area contributed by atoms with E-state index in [0.29, 0.717) is 24.3 Å². The topological polar surface area (TPSA) is 70.6 Å². The van der Waals surface area contributed by atoms with Crippen LogP contribution in [-0.2, 0) is 0 Å². The molecule has 1 aliphatic carbocycles. The summed E-state index contributed by atoms with van der Waals surface area (Å²) in [5.74, 6) is 1.53. The molecule has 0 aromatic heterocycles. The summed E-state index contributed by atoms with van der Waals surface area (Å²) < 4.78 is 0. The van der Waals surface area contributed by atoms with Crippen molar-refractivity contribution < 1.29 is 5.21 Å². The van der Waals surface area contributed by atoms with Gasteiger partial charge < -0.3 is 16.3 Å². The maximum atomic E-state index is 8.58. The molecule has 0 heterocycles. The maximum absolute atomic E-state index is 8.58. The van der Waals surface area contributed by atoms with Gasteiger partial charge in [0.25, 0.3) is 0 Å². The zero-order valence-electron chi connectivity index (χ0n) is 10.9. The van der Waals surface area contributed by atoms with Crippen molar-refractivity contribution in [1.82, 2.24) is 5.32 Å². The smallest absolute Gasteiger partial charge is 0.140 e. The van der Waals surface area contributed by atoms with Crippen molar-refractivity contribution in [3.63, 3.8) is 0 Å². The molecule has 0 spiro atoms. The van der Waals surface area contributed by atoms with E-state index < -0.39 is 0 Å². The molecule has 4 N–H and O–H groups in total. The minimum atomic E-state index is 0.321. The van der Waals surface area contributed by atoms with E-state index in [1.807, 2.05) is 0 Å². The van der Waals surface area contributed by atoms with Gasteiger partial charge in [0.05, 0.1) is 0 Å². The second kappa shape index (κ2) is 7.82. The predicted molar refractivity (Wildman–Crippen MR) is 74.8 cm³/mol. The Labute approximate surface area is 108 Å². The van der Waals surface area contributed by atoms with Gasteiger partial charge in [-0.1, -0.05) is 19.0 Å². The Balaban J connectivity index is 2.32. The highest BCUT2D eigenvalue weighted by molar-refractivity contribution is 7.99. The summed E-state index contributed by atoms with van der Waals surface area (Å²) in [6.07, 6.45) is 5.47. The average molecular weight is 259 g/mol. The minimum absolute atomic E-state index is 0.321. The van der Waals surface area contributed by atoms with Gasteiger partial charge in [-0.15, -0.1) is 0 Å². The molecule has 1 fully saturated rings. The molecule has 0 saturated heterocycles. The maximum Gasteiger partial charge on any atom is 0.140 e. The number of nitrogens with two attached hydrogens (primary N) is 1. The Morgan fingerprint density at radius 1 is 1.53 bits per heavy atom. The molecular weight excluding hydrogens is 234 g/mol. The Hall–Kier alpha value is -0.420. The van der Waals surface area contributed by atoms with Crippen LogP contribution >= 0.6 is 11.8 Å². The van der Waals surface area contributed by atoms with Gasteiger partial charge in [0.1, 0.15) is 5.84 Å². The normalized spacial score (nSPS) is 27.3. The number of nitrogens with zero attached hydrogens (tertiary/aromatic N) is 1. The first-order chi connectivity index (χ1) is 8.19. The highest BCUT2D eigenvalue weighted by Crippen LogP contribution is 2.30. The zero-order chi connectivity index (χ0) is 12.7. The van der Waals surface area contributed by atoms with Crippen LogP contribution in [0, 0.1) is 0 Å². The minimum Gasteiger partial charge on any atom is -0.409 e. The average Bonchev–Trinajstić information content (AvgIpc) is 2.76. The summed E-state index contributed by atoms with van der Waals surface area (Å²) in [6, 6.07) is 0.941. The molecule has 3 unspecified atom stereocenters. The molecule has 100 valence electrons. The van der Waals surface area contributed by atoms with Crippen LogP contribution in [0.2, 0.25) is 0 Å². The standard InChI is InChI=1S/C12H25N3OS/c1-3-9(8-12(13)15-16)14-10-5-6-11(7-10)17-4-2/h9-11,14,16H,3-8H2,1-2H3,(H2,13,15). The quantitative estimate of drug-likeness (QED) is 0.284. The molecule has 3 atom stereocenters. The van der Waals surface area contributed by atoms with Crippen molar-refractivity contribution >= 4 is 17.6 Å². The SMILES string of the molecule is CCSC1CCC(NC(CC)CC(N)=NO)C1. The highest BCUT2D eigenvalue weighted by Gasteiger charge is 2.26. The van der Waals surface area contributed by atoms with Gasteiger partial charge >= 0.3 is 0 Å². The molecule has 0 aliphatic heterocycles. The number of oxime groups is 1. The molecule has 0 aromatic carbocycles. The lowest BCUT2D eigenvalue weighted by Gasteiger charge is -2.21. The van der Waals surface area contributed by atoms with Crippen LogP contribution < -0.4 is 11.1 Å². The Kier molecular flexibility index (Phi) is 6.73. The van der Waals surface area contributed by atoms with E-state index >= 15 is 0 Å². The molecule has 5 heteroatoms. The van der Waals surface area contributed by atoms with E-state index in [1.165, 1.54) is 25.0 Å². The molecule has 0 bridgehead atoms. The molecule has 17 heavy (non-hydrogen) atoms. The van der Waals surface area contributed by atoms with Crippen LogP contribution in [0.25, 0.3) is 0 Å². The van der Waals surface area contributed by atoms with Gasteiger partial charge in [-0.2, -0.15) is 11.8 Å². The molecule has 1 rings (SSSR count). The van der Waals surface area contributed by atoms with E-state index in [2.05, 4.69) is 36.1 Å². The summed E-state index contributed by atoms with van der Waals surface area (Å²) in [6.45, 7) is 4.36. The second-order valence-corrected chi connectivity index (χ2v) is 6.23. The summed E-state index contributed by atoms with van der Waals surface area (Å²) in [5.41, 5.74) is 5.55. The van der Waals surface area contributed by atoms with E-state index in [1.54, 1.807) is 0 Å². The molecule has 4 nitrogen and oxygen atoms in total. The van der Waals surface area contributed by atoms with Gasteiger partial charge in [-0.3, -0.25) is 0 Å². The van der Waals surface area contributed by atoms with Crippen molar-refractivity contribution in [2.45, 2.75) is 63.3 Å². The summed E-state index contributed by atoms with van der Waals surface area (Å²) in [4.78, 5) is 0. The van der Waals surface area contributed by atoms with Crippen LogP contribution in [-0.4, -0.2) is 34.1 Å². The van der Waals surface area contributed by atoms with Gasteiger partial charge in [0.2, 0.25) is 0 Å². The van der Waals surface area contributed by atoms with E-state index in [0.717, 1.165) is 11.7 Å². The fourth-order valence-corrected chi connectivity index (χ4v) is 3.57. The number of rotatable bonds is 7.